The largest absolute Gasteiger partial charge is 0.360 e. The van der Waals surface area contributed by atoms with Crippen molar-refractivity contribution in [2.45, 2.75) is 24.9 Å². The fourth-order valence-corrected chi connectivity index (χ4v) is 3.70. The van der Waals surface area contributed by atoms with E-state index in [9.17, 15) is 0 Å². The number of nitrogens with one attached hydrogen (secondary N) is 2. The first-order valence-electron chi connectivity index (χ1n) is 9.40. The number of benzene rings is 1. The predicted molar refractivity (Wildman–Crippen MR) is 128 cm³/mol. The molecule has 0 fully saturated rings. The number of nitrogens with two attached hydrogens (primary N) is 2. The summed E-state index contributed by atoms with van der Waals surface area (Å²) in [6.07, 6.45) is 9.28. The fourth-order valence-electron chi connectivity index (χ4n) is 3.44. The zero-order valence-corrected chi connectivity index (χ0v) is 17.6. The van der Waals surface area contributed by atoms with E-state index in [4.69, 9.17) is 11.5 Å². The predicted octanol–water partition coefficient (Wildman–Crippen LogP) is 3.56. The molecule has 6 heteroatoms. The highest BCUT2D eigenvalue weighted by atomic mass is 32.1. The zero-order valence-electron chi connectivity index (χ0n) is 15.9. The van der Waals surface area contributed by atoms with Crippen LogP contribution in [0.4, 0.5) is 0 Å². The van der Waals surface area contributed by atoms with Crippen molar-refractivity contribution in [1.29, 1.82) is 0 Å². The molecule has 2 aromatic rings. The zero-order chi connectivity index (χ0) is 20.1. The summed E-state index contributed by atoms with van der Waals surface area (Å²) in [5, 5.41) is 4.63. The number of aromatic nitrogens is 1. The molecule has 0 aliphatic carbocycles. The number of para-hydroxylation sites is 1. The van der Waals surface area contributed by atoms with Crippen LogP contribution in [0.2, 0.25) is 0 Å². The molecular formula is C22H28N4S2. The standard InChI is InChI=1S/C22H28N4S2/c1-14-6-4-5-9-25-21(18(14)10-15(23)12-27)22-19(11-16(24)13-28)17-7-2-3-8-20(17)26-22/h2-9,15-16,25-28H,1,10-13,23-24H2/b6-4-,9-5-,21-18?/t15-,16-/m1/s1. The minimum Gasteiger partial charge on any atom is -0.360 e. The number of aromatic amines is 1. The van der Waals surface area contributed by atoms with Gasteiger partial charge in [0.25, 0.3) is 0 Å². The van der Waals surface area contributed by atoms with Crippen molar-refractivity contribution >= 4 is 41.9 Å². The van der Waals surface area contributed by atoms with Gasteiger partial charge in [0.15, 0.2) is 0 Å². The lowest BCUT2D eigenvalue weighted by Gasteiger charge is -2.21. The molecule has 1 aromatic heterocycles. The third kappa shape index (κ3) is 4.58. The molecule has 0 saturated carbocycles. The highest BCUT2D eigenvalue weighted by Crippen LogP contribution is 2.33. The summed E-state index contributed by atoms with van der Waals surface area (Å²) in [6.45, 7) is 4.27. The van der Waals surface area contributed by atoms with Crippen molar-refractivity contribution in [3.05, 3.63) is 77.7 Å². The maximum atomic E-state index is 6.27. The van der Waals surface area contributed by atoms with Crippen molar-refractivity contribution in [2.75, 3.05) is 11.5 Å². The summed E-state index contributed by atoms with van der Waals surface area (Å²) in [5.74, 6) is 1.23. The molecule has 0 amide bonds. The Hall–Kier alpha value is -1.86. The Kier molecular flexibility index (Phi) is 7.13. The van der Waals surface area contributed by atoms with Crippen LogP contribution in [0.3, 0.4) is 0 Å². The molecule has 0 bridgehead atoms. The van der Waals surface area contributed by atoms with Crippen molar-refractivity contribution < 1.29 is 0 Å². The molecule has 28 heavy (non-hydrogen) atoms. The third-order valence-electron chi connectivity index (χ3n) is 4.89. The second-order valence-corrected chi connectivity index (χ2v) is 7.79. The summed E-state index contributed by atoms with van der Waals surface area (Å²) in [5.41, 5.74) is 18.8. The van der Waals surface area contributed by atoms with Gasteiger partial charge in [-0.2, -0.15) is 25.3 Å². The van der Waals surface area contributed by atoms with Crippen molar-refractivity contribution in [1.82, 2.24) is 10.3 Å². The lowest BCUT2D eigenvalue weighted by molar-refractivity contribution is 0.744. The first-order chi connectivity index (χ1) is 13.5. The second-order valence-electron chi connectivity index (χ2n) is 7.06. The van der Waals surface area contributed by atoms with Gasteiger partial charge in [0, 0.05) is 40.7 Å². The van der Waals surface area contributed by atoms with Crippen LogP contribution in [0.15, 0.2) is 66.4 Å². The van der Waals surface area contributed by atoms with E-state index in [1.165, 1.54) is 10.9 Å². The molecule has 1 aromatic carbocycles. The van der Waals surface area contributed by atoms with Gasteiger partial charge in [-0.25, -0.2) is 0 Å². The van der Waals surface area contributed by atoms with E-state index in [-0.39, 0.29) is 12.1 Å². The van der Waals surface area contributed by atoms with Gasteiger partial charge in [0.2, 0.25) is 0 Å². The van der Waals surface area contributed by atoms with E-state index in [0.29, 0.717) is 17.9 Å². The van der Waals surface area contributed by atoms with Crippen LogP contribution in [-0.4, -0.2) is 28.6 Å². The van der Waals surface area contributed by atoms with Crippen molar-refractivity contribution in [3.8, 4) is 0 Å². The number of H-pyrrole nitrogens is 1. The summed E-state index contributed by atoms with van der Waals surface area (Å²) in [4.78, 5) is 3.59. The maximum Gasteiger partial charge on any atom is 0.0666 e. The van der Waals surface area contributed by atoms with Crippen LogP contribution in [0.5, 0.6) is 0 Å². The average Bonchev–Trinajstić information content (AvgIpc) is 3.05. The minimum atomic E-state index is -0.0591. The van der Waals surface area contributed by atoms with Gasteiger partial charge in [-0.1, -0.05) is 36.9 Å². The third-order valence-corrected chi connectivity index (χ3v) is 5.83. The molecule has 4 nitrogen and oxygen atoms in total. The Bertz CT molecular complexity index is 939. The first-order valence-corrected chi connectivity index (χ1v) is 10.7. The van der Waals surface area contributed by atoms with Gasteiger partial charge in [0.05, 0.1) is 11.4 Å². The number of rotatable bonds is 7. The Morgan fingerprint density at radius 3 is 2.46 bits per heavy atom. The van der Waals surface area contributed by atoms with E-state index < -0.39 is 0 Å². The van der Waals surface area contributed by atoms with E-state index in [2.05, 4.69) is 60.3 Å². The monoisotopic (exact) mass is 412 g/mol. The highest BCUT2D eigenvalue weighted by molar-refractivity contribution is 7.80. The maximum absolute atomic E-state index is 6.27. The van der Waals surface area contributed by atoms with E-state index >= 15 is 0 Å². The number of thiol groups is 2. The molecule has 0 spiro atoms. The van der Waals surface area contributed by atoms with E-state index in [1.54, 1.807) is 0 Å². The average molecular weight is 413 g/mol. The lowest BCUT2D eigenvalue weighted by atomic mass is 9.93. The molecular weight excluding hydrogens is 384 g/mol. The highest BCUT2D eigenvalue weighted by Gasteiger charge is 2.21. The lowest BCUT2D eigenvalue weighted by Crippen LogP contribution is -2.26. The number of fused-ring (bicyclic) bond motifs is 1. The first kappa shape index (κ1) is 20.9. The van der Waals surface area contributed by atoms with Gasteiger partial charge < -0.3 is 21.8 Å². The van der Waals surface area contributed by atoms with Crippen LogP contribution >= 0.6 is 25.3 Å². The van der Waals surface area contributed by atoms with Gasteiger partial charge >= 0.3 is 0 Å². The topological polar surface area (TPSA) is 79.9 Å². The van der Waals surface area contributed by atoms with Crippen LogP contribution in [-0.2, 0) is 6.42 Å². The Morgan fingerprint density at radius 1 is 1.00 bits per heavy atom. The van der Waals surface area contributed by atoms with Gasteiger partial charge in [-0.05, 0) is 41.7 Å². The molecule has 2 heterocycles. The van der Waals surface area contributed by atoms with Crippen LogP contribution in [0, 0.1) is 0 Å². The normalized spacial score (nSPS) is 19.1. The summed E-state index contributed by atoms with van der Waals surface area (Å²) < 4.78 is 0. The summed E-state index contributed by atoms with van der Waals surface area (Å²) in [6, 6.07) is 8.21. The van der Waals surface area contributed by atoms with Gasteiger partial charge in [0.1, 0.15) is 0 Å². The van der Waals surface area contributed by atoms with Crippen LogP contribution < -0.4 is 16.8 Å². The van der Waals surface area contributed by atoms with E-state index in [0.717, 1.165) is 34.5 Å². The molecule has 6 N–H and O–H groups in total. The Labute approximate surface area is 177 Å². The molecule has 1 aliphatic rings. The molecule has 2 atom stereocenters. The fraction of sp³-hybridized carbons (Fsp3) is 0.273. The second kappa shape index (κ2) is 9.56. The smallest absolute Gasteiger partial charge is 0.0666 e. The number of hydrogen-bond acceptors (Lipinski definition) is 5. The molecule has 148 valence electrons. The summed E-state index contributed by atoms with van der Waals surface area (Å²) >= 11 is 8.75. The molecule has 1 aliphatic heterocycles. The molecule has 3 rings (SSSR count). The van der Waals surface area contributed by atoms with Crippen LogP contribution in [0.25, 0.3) is 16.6 Å². The Morgan fingerprint density at radius 2 is 1.71 bits per heavy atom. The number of hydrogen-bond donors (Lipinski definition) is 6. The minimum absolute atomic E-state index is 0.0303. The van der Waals surface area contributed by atoms with E-state index in [1.807, 2.05) is 30.5 Å². The quantitative estimate of drug-likeness (QED) is 0.394. The molecule has 0 radical (unpaired) electrons. The van der Waals surface area contributed by atoms with Crippen molar-refractivity contribution in [3.63, 3.8) is 0 Å². The number of allylic oxidation sites excluding steroid dienone is 4. The summed E-state index contributed by atoms with van der Waals surface area (Å²) in [7, 11) is 0. The van der Waals surface area contributed by atoms with Crippen LogP contribution in [0.1, 0.15) is 17.7 Å². The van der Waals surface area contributed by atoms with Gasteiger partial charge in [-0.3, -0.25) is 0 Å². The van der Waals surface area contributed by atoms with Gasteiger partial charge in [-0.15, -0.1) is 0 Å². The molecule has 0 unspecified atom stereocenters. The van der Waals surface area contributed by atoms with Crippen molar-refractivity contribution in [2.24, 2.45) is 11.5 Å². The molecule has 0 saturated heterocycles. The Balaban J connectivity index is 2.22. The SMILES string of the molecule is C=C1/C=C\C=C/NC(c2[nH]c3ccccc3c2C[C@@H](N)CS)=C1C[C@@H](N)CS.